The van der Waals surface area contributed by atoms with Crippen LogP contribution in [0.2, 0.25) is 0 Å². The first kappa shape index (κ1) is 24.6. The van der Waals surface area contributed by atoms with Crippen LogP contribution in [0.1, 0.15) is 43.2 Å². The summed E-state index contributed by atoms with van der Waals surface area (Å²) in [4.78, 5) is 36.4. The molecule has 0 aliphatic heterocycles. The van der Waals surface area contributed by atoms with Crippen LogP contribution in [0, 0.1) is 0 Å². The summed E-state index contributed by atoms with van der Waals surface area (Å²) < 4.78 is 5.57. The Bertz CT molecular complexity index is 951. The van der Waals surface area contributed by atoms with Crippen LogP contribution in [0.3, 0.4) is 0 Å². The van der Waals surface area contributed by atoms with Gasteiger partial charge in [0.05, 0.1) is 6.42 Å². The summed E-state index contributed by atoms with van der Waals surface area (Å²) in [5, 5.41) is 14.4. The van der Waals surface area contributed by atoms with Crippen molar-refractivity contribution in [2.45, 2.75) is 44.2 Å². The third-order valence-electron chi connectivity index (χ3n) is 5.82. The number of carbonyl (C=O) groups is 3. The molecule has 0 radical (unpaired) electrons. The van der Waals surface area contributed by atoms with Gasteiger partial charge in [-0.15, -0.1) is 0 Å². The smallest absolute Gasteiger partial charge is 0.407 e. The topological polar surface area (TPSA) is 105 Å². The molecule has 0 heterocycles. The Morgan fingerprint density at radius 2 is 1.64 bits per heavy atom. The molecule has 1 aliphatic rings. The Labute approximate surface area is 198 Å². The minimum atomic E-state index is -0.979. The Hall–Kier alpha value is -3.00. The van der Waals surface area contributed by atoms with Crippen LogP contribution in [0.25, 0.3) is 11.1 Å². The lowest BCUT2D eigenvalue weighted by molar-refractivity contribution is -0.137. The molecular formula is C25H30N2O5S. The molecule has 7 nitrogen and oxygen atoms in total. The Kier molecular flexibility index (Phi) is 8.77. The Morgan fingerprint density at radius 3 is 2.18 bits per heavy atom. The second-order valence-electron chi connectivity index (χ2n) is 8.02. The predicted molar refractivity (Wildman–Crippen MR) is 129 cm³/mol. The molecule has 0 fully saturated rings. The standard InChI is InChI=1S/C25H30N2O5S/c1-3-16(14-23(28)29)26-24(30)22(12-13-33-2)27-25(31)32-15-21-19-10-6-4-8-17(19)18-9-5-7-11-20(18)21/h4-11,16,21-22H,3,12-15H2,1-2H3,(H,26,30)(H,27,31)(H,28,29)/t16-,22+/m0/s1. The largest absolute Gasteiger partial charge is 0.481 e. The lowest BCUT2D eigenvalue weighted by Gasteiger charge is -2.22. The molecule has 3 rings (SSSR count). The molecule has 33 heavy (non-hydrogen) atoms. The number of rotatable bonds is 11. The molecule has 0 spiro atoms. The van der Waals surface area contributed by atoms with Gasteiger partial charge in [-0.1, -0.05) is 55.5 Å². The van der Waals surface area contributed by atoms with Crippen molar-refractivity contribution in [2.24, 2.45) is 0 Å². The van der Waals surface area contributed by atoms with E-state index in [-0.39, 0.29) is 18.9 Å². The van der Waals surface area contributed by atoms with Gasteiger partial charge >= 0.3 is 12.1 Å². The van der Waals surface area contributed by atoms with E-state index in [2.05, 4.69) is 22.8 Å². The third kappa shape index (κ3) is 6.28. The highest BCUT2D eigenvalue weighted by molar-refractivity contribution is 7.98. The molecule has 0 unspecified atom stereocenters. The number of carboxylic acids is 1. The number of alkyl carbamates (subject to hydrolysis) is 1. The maximum absolute atomic E-state index is 12.7. The van der Waals surface area contributed by atoms with Crippen molar-refractivity contribution < 1.29 is 24.2 Å². The predicted octanol–water partition coefficient (Wildman–Crippen LogP) is 4.02. The average Bonchev–Trinajstić information content (AvgIpc) is 3.13. The summed E-state index contributed by atoms with van der Waals surface area (Å²) in [7, 11) is 0. The second-order valence-corrected chi connectivity index (χ2v) is 9.00. The molecular weight excluding hydrogens is 440 g/mol. The fourth-order valence-electron chi connectivity index (χ4n) is 4.10. The van der Waals surface area contributed by atoms with Gasteiger partial charge in [0.15, 0.2) is 0 Å². The van der Waals surface area contributed by atoms with Crippen molar-refractivity contribution >= 4 is 29.7 Å². The summed E-state index contributed by atoms with van der Waals surface area (Å²) in [6.07, 6.45) is 1.99. The normalized spacial score (nSPS) is 14.0. The van der Waals surface area contributed by atoms with E-state index in [0.717, 1.165) is 22.3 Å². The summed E-state index contributed by atoms with van der Waals surface area (Å²) in [5.41, 5.74) is 4.51. The molecule has 2 aromatic carbocycles. The highest BCUT2D eigenvalue weighted by atomic mass is 32.2. The fourth-order valence-corrected chi connectivity index (χ4v) is 4.57. The van der Waals surface area contributed by atoms with E-state index >= 15 is 0 Å². The number of hydrogen-bond donors (Lipinski definition) is 3. The van der Waals surface area contributed by atoms with Crippen LogP contribution in [-0.2, 0) is 14.3 Å². The van der Waals surface area contributed by atoms with Crippen LogP contribution in [0.15, 0.2) is 48.5 Å². The van der Waals surface area contributed by atoms with Crippen molar-refractivity contribution in [1.82, 2.24) is 10.6 Å². The van der Waals surface area contributed by atoms with E-state index in [0.29, 0.717) is 18.6 Å². The molecule has 0 saturated heterocycles. The number of aliphatic carboxylic acids is 1. The van der Waals surface area contributed by atoms with E-state index in [1.165, 1.54) is 0 Å². The molecule has 2 atom stereocenters. The molecule has 0 bridgehead atoms. The number of ether oxygens (including phenoxy) is 1. The number of fused-ring (bicyclic) bond motifs is 3. The van der Waals surface area contributed by atoms with Crippen LogP contribution in [0.5, 0.6) is 0 Å². The molecule has 1 aliphatic carbocycles. The van der Waals surface area contributed by atoms with Crippen LogP contribution in [0.4, 0.5) is 4.79 Å². The summed E-state index contributed by atoms with van der Waals surface area (Å²) in [6.45, 7) is 1.97. The zero-order valence-corrected chi connectivity index (χ0v) is 19.7. The summed E-state index contributed by atoms with van der Waals surface area (Å²) >= 11 is 1.56. The molecule has 0 saturated carbocycles. The number of nitrogens with one attached hydrogen (secondary N) is 2. The molecule has 8 heteroatoms. The summed E-state index contributed by atoms with van der Waals surface area (Å²) in [5.74, 6) is -0.781. The van der Waals surface area contributed by atoms with Gasteiger partial charge in [-0.3, -0.25) is 9.59 Å². The number of carboxylic acid groups (broad SMARTS) is 1. The number of carbonyl (C=O) groups excluding carboxylic acids is 2. The minimum absolute atomic E-state index is 0.0679. The number of hydrogen-bond acceptors (Lipinski definition) is 5. The maximum Gasteiger partial charge on any atom is 0.407 e. The fraction of sp³-hybridized carbons (Fsp3) is 0.400. The second kappa shape index (κ2) is 11.7. The lowest BCUT2D eigenvalue weighted by atomic mass is 9.98. The lowest BCUT2D eigenvalue weighted by Crippen LogP contribution is -2.50. The maximum atomic E-state index is 12.7. The molecule has 3 N–H and O–H groups in total. The van der Waals surface area contributed by atoms with Crippen molar-refractivity contribution in [2.75, 3.05) is 18.6 Å². The molecule has 2 aromatic rings. The highest BCUT2D eigenvalue weighted by Gasteiger charge is 2.30. The molecule has 2 amide bonds. The third-order valence-corrected chi connectivity index (χ3v) is 6.47. The van der Waals surface area contributed by atoms with Crippen LogP contribution in [-0.4, -0.2) is 53.8 Å². The summed E-state index contributed by atoms with van der Waals surface area (Å²) in [6, 6.07) is 14.9. The van der Waals surface area contributed by atoms with Gasteiger partial charge in [-0.05, 0) is 47.1 Å². The van der Waals surface area contributed by atoms with E-state index < -0.39 is 30.1 Å². The van der Waals surface area contributed by atoms with Crippen molar-refractivity contribution in [3.63, 3.8) is 0 Å². The Balaban J connectivity index is 1.64. The van der Waals surface area contributed by atoms with Gasteiger partial charge in [0, 0.05) is 12.0 Å². The first-order valence-electron chi connectivity index (χ1n) is 11.1. The average molecular weight is 471 g/mol. The zero-order valence-electron chi connectivity index (χ0n) is 18.9. The van der Waals surface area contributed by atoms with E-state index in [4.69, 9.17) is 9.84 Å². The van der Waals surface area contributed by atoms with Gasteiger partial charge in [0.2, 0.25) is 5.91 Å². The van der Waals surface area contributed by atoms with Crippen molar-refractivity contribution in [3.05, 3.63) is 59.7 Å². The Morgan fingerprint density at radius 1 is 1.03 bits per heavy atom. The monoisotopic (exact) mass is 470 g/mol. The van der Waals surface area contributed by atoms with Gasteiger partial charge in [0.25, 0.3) is 0 Å². The first-order valence-corrected chi connectivity index (χ1v) is 12.5. The number of benzene rings is 2. The van der Waals surface area contributed by atoms with Crippen LogP contribution < -0.4 is 10.6 Å². The molecule has 176 valence electrons. The minimum Gasteiger partial charge on any atom is -0.481 e. The van der Waals surface area contributed by atoms with Gasteiger partial charge < -0.3 is 20.5 Å². The van der Waals surface area contributed by atoms with E-state index in [1.54, 1.807) is 11.8 Å². The van der Waals surface area contributed by atoms with Crippen molar-refractivity contribution in [3.8, 4) is 11.1 Å². The SMILES string of the molecule is CC[C@@H](CC(=O)O)NC(=O)[C@@H](CCSC)NC(=O)OCC1c2ccccc2-c2ccccc21. The van der Waals surface area contributed by atoms with E-state index in [1.807, 2.05) is 49.6 Å². The van der Waals surface area contributed by atoms with Crippen molar-refractivity contribution in [1.29, 1.82) is 0 Å². The number of amides is 2. The quantitative estimate of drug-likeness (QED) is 0.458. The first-order chi connectivity index (χ1) is 15.9. The number of thioether (sulfide) groups is 1. The van der Waals surface area contributed by atoms with E-state index in [9.17, 15) is 14.4 Å². The van der Waals surface area contributed by atoms with Gasteiger partial charge in [-0.25, -0.2) is 4.79 Å². The van der Waals surface area contributed by atoms with Crippen LogP contribution >= 0.6 is 11.8 Å². The molecule has 0 aromatic heterocycles. The zero-order chi connectivity index (χ0) is 23.8. The highest BCUT2D eigenvalue weighted by Crippen LogP contribution is 2.44. The van der Waals surface area contributed by atoms with Gasteiger partial charge in [-0.2, -0.15) is 11.8 Å². The van der Waals surface area contributed by atoms with Gasteiger partial charge in [0.1, 0.15) is 12.6 Å².